The molecule has 0 saturated heterocycles. The zero-order chi connectivity index (χ0) is 8.81. The van der Waals surface area contributed by atoms with E-state index in [-0.39, 0.29) is 0 Å². The molecule has 0 radical (unpaired) electrons. The number of H-pyrrole nitrogens is 1. The van der Waals surface area contributed by atoms with E-state index in [9.17, 15) is 0 Å². The molecule has 2 heteroatoms. The van der Waals surface area contributed by atoms with E-state index in [0.717, 1.165) is 11.4 Å². The second-order valence-electron chi connectivity index (χ2n) is 2.35. The van der Waals surface area contributed by atoms with E-state index in [1.165, 1.54) is 0 Å². The molecule has 0 spiro atoms. The Kier molecular flexibility index (Phi) is 3.08. The zero-order valence-electron chi connectivity index (χ0n) is 7.12. The Balaban J connectivity index is 2.61. The van der Waals surface area contributed by atoms with Gasteiger partial charge in [0.25, 0.3) is 0 Å². The third-order valence-electron chi connectivity index (χ3n) is 1.40. The molecule has 0 aliphatic heterocycles. The molecule has 0 amide bonds. The lowest BCUT2D eigenvalue weighted by atomic mass is 10.2. The topological polar surface area (TPSA) is 28.7 Å². The molecule has 1 aromatic rings. The van der Waals surface area contributed by atoms with Crippen molar-refractivity contribution < 1.29 is 0 Å². The van der Waals surface area contributed by atoms with Gasteiger partial charge in [0, 0.05) is 18.0 Å². The number of hydrogen-bond donors (Lipinski definition) is 1. The van der Waals surface area contributed by atoms with Crippen LogP contribution in [0.5, 0.6) is 0 Å². The molecule has 1 N–H and O–H groups in total. The number of rotatable bonds is 3. The van der Waals surface area contributed by atoms with Crippen LogP contribution >= 0.6 is 0 Å². The molecule has 2 nitrogen and oxygen atoms in total. The highest BCUT2D eigenvalue weighted by Crippen LogP contribution is 2.06. The smallest absolute Gasteiger partial charge is 0.136 e. The molecule has 0 atom stereocenters. The van der Waals surface area contributed by atoms with Crippen molar-refractivity contribution in [1.29, 1.82) is 0 Å². The van der Waals surface area contributed by atoms with Crippen LogP contribution in [0.3, 0.4) is 0 Å². The standard InChI is InChI=1S/C10H12N2/c1-3-4-5-6-9(2)10-11-7-8-12-10/h3-8H,2H2,1H3,(H,11,12)/b4-3-,6-5-. The second-order valence-corrected chi connectivity index (χ2v) is 2.35. The number of aromatic nitrogens is 2. The fourth-order valence-electron chi connectivity index (χ4n) is 0.803. The van der Waals surface area contributed by atoms with Gasteiger partial charge in [-0.3, -0.25) is 0 Å². The predicted molar refractivity (Wildman–Crippen MR) is 51.6 cm³/mol. The van der Waals surface area contributed by atoms with Gasteiger partial charge in [-0.15, -0.1) is 0 Å². The van der Waals surface area contributed by atoms with E-state index in [0.29, 0.717) is 0 Å². The maximum absolute atomic E-state index is 4.06. The number of imidazole rings is 1. The summed E-state index contributed by atoms with van der Waals surface area (Å²) in [6.45, 7) is 5.83. The molecule has 0 saturated carbocycles. The second kappa shape index (κ2) is 4.34. The van der Waals surface area contributed by atoms with Crippen molar-refractivity contribution >= 4 is 5.57 Å². The lowest BCUT2D eigenvalue weighted by molar-refractivity contribution is 1.25. The van der Waals surface area contributed by atoms with Crippen molar-refractivity contribution in [1.82, 2.24) is 9.97 Å². The highest BCUT2D eigenvalue weighted by atomic mass is 14.9. The van der Waals surface area contributed by atoms with Crippen molar-refractivity contribution in [2.75, 3.05) is 0 Å². The van der Waals surface area contributed by atoms with E-state index in [4.69, 9.17) is 0 Å². The maximum Gasteiger partial charge on any atom is 0.136 e. The zero-order valence-corrected chi connectivity index (χ0v) is 7.12. The summed E-state index contributed by atoms with van der Waals surface area (Å²) in [4.78, 5) is 7.04. The number of nitrogens with one attached hydrogen (secondary N) is 1. The molecule has 0 aliphatic rings. The average molecular weight is 160 g/mol. The van der Waals surface area contributed by atoms with Gasteiger partial charge in [-0.1, -0.05) is 30.9 Å². The lowest BCUT2D eigenvalue weighted by Gasteiger charge is -1.90. The van der Waals surface area contributed by atoms with Crippen LogP contribution in [0.4, 0.5) is 0 Å². The van der Waals surface area contributed by atoms with Gasteiger partial charge >= 0.3 is 0 Å². The summed E-state index contributed by atoms with van der Waals surface area (Å²) in [5.74, 6) is 0.816. The summed E-state index contributed by atoms with van der Waals surface area (Å²) in [6, 6.07) is 0. The molecule has 0 unspecified atom stereocenters. The Hall–Kier alpha value is -1.57. The first-order valence-corrected chi connectivity index (χ1v) is 3.82. The van der Waals surface area contributed by atoms with Gasteiger partial charge in [-0.2, -0.15) is 0 Å². The van der Waals surface area contributed by atoms with E-state index in [2.05, 4.69) is 16.5 Å². The third kappa shape index (κ3) is 2.23. The molecular weight excluding hydrogens is 148 g/mol. The summed E-state index contributed by atoms with van der Waals surface area (Å²) in [7, 11) is 0. The summed E-state index contributed by atoms with van der Waals surface area (Å²) in [6.07, 6.45) is 11.3. The summed E-state index contributed by atoms with van der Waals surface area (Å²) < 4.78 is 0. The van der Waals surface area contributed by atoms with E-state index >= 15 is 0 Å². The largest absolute Gasteiger partial charge is 0.345 e. The van der Waals surface area contributed by atoms with Crippen LogP contribution in [0.15, 0.2) is 43.3 Å². The first kappa shape index (κ1) is 8.53. The number of nitrogens with zero attached hydrogens (tertiary/aromatic N) is 1. The Morgan fingerprint density at radius 3 is 3.00 bits per heavy atom. The van der Waals surface area contributed by atoms with Crippen LogP contribution in [0.25, 0.3) is 5.57 Å². The van der Waals surface area contributed by atoms with Gasteiger partial charge in [0.2, 0.25) is 0 Å². The number of allylic oxidation sites excluding steroid dienone is 5. The highest BCUT2D eigenvalue weighted by Gasteiger charge is 1.93. The molecule has 0 aromatic carbocycles. The van der Waals surface area contributed by atoms with Crippen LogP contribution in [-0.4, -0.2) is 9.97 Å². The van der Waals surface area contributed by atoms with Gasteiger partial charge in [-0.25, -0.2) is 4.98 Å². The summed E-state index contributed by atoms with van der Waals surface area (Å²) in [5.41, 5.74) is 0.887. The van der Waals surface area contributed by atoms with Crippen LogP contribution in [0.2, 0.25) is 0 Å². The van der Waals surface area contributed by atoms with Crippen molar-refractivity contribution in [3.05, 3.63) is 49.1 Å². The highest BCUT2D eigenvalue weighted by molar-refractivity contribution is 5.67. The molecular formula is C10H12N2. The van der Waals surface area contributed by atoms with Gasteiger partial charge in [0.05, 0.1) is 0 Å². The van der Waals surface area contributed by atoms with Gasteiger partial charge < -0.3 is 4.98 Å². The molecule has 12 heavy (non-hydrogen) atoms. The Morgan fingerprint density at radius 1 is 1.58 bits per heavy atom. The van der Waals surface area contributed by atoms with E-state index in [1.54, 1.807) is 12.4 Å². The summed E-state index contributed by atoms with van der Waals surface area (Å²) >= 11 is 0. The van der Waals surface area contributed by atoms with Crippen LogP contribution < -0.4 is 0 Å². The SMILES string of the molecule is C=C(/C=C\C=C/C)c1ncc[nH]1. The lowest BCUT2D eigenvalue weighted by Crippen LogP contribution is -1.80. The molecule has 1 rings (SSSR count). The quantitative estimate of drug-likeness (QED) is 0.676. The van der Waals surface area contributed by atoms with Gasteiger partial charge in [0.1, 0.15) is 5.82 Å². The van der Waals surface area contributed by atoms with Crippen molar-refractivity contribution in [2.24, 2.45) is 0 Å². The monoisotopic (exact) mass is 160 g/mol. The number of hydrogen-bond acceptors (Lipinski definition) is 1. The van der Waals surface area contributed by atoms with E-state index < -0.39 is 0 Å². The maximum atomic E-state index is 4.06. The Labute approximate surface area is 72.3 Å². The molecule has 0 bridgehead atoms. The number of aromatic amines is 1. The van der Waals surface area contributed by atoms with Gasteiger partial charge in [-0.05, 0) is 6.92 Å². The fraction of sp³-hybridized carbons (Fsp3) is 0.100. The normalized spacial score (nSPS) is 11.4. The third-order valence-corrected chi connectivity index (χ3v) is 1.40. The summed E-state index contributed by atoms with van der Waals surface area (Å²) in [5, 5.41) is 0. The molecule has 1 heterocycles. The van der Waals surface area contributed by atoms with Crippen molar-refractivity contribution in [2.45, 2.75) is 6.92 Å². The fourth-order valence-corrected chi connectivity index (χ4v) is 0.803. The molecule has 1 aromatic heterocycles. The van der Waals surface area contributed by atoms with E-state index in [1.807, 2.05) is 31.2 Å². The Morgan fingerprint density at radius 2 is 2.42 bits per heavy atom. The Bertz CT molecular complexity index is 292. The van der Waals surface area contributed by atoms with Crippen molar-refractivity contribution in [3.8, 4) is 0 Å². The first-order valence-electron chi connectivity index (χ1n) is 3.82. The molecule has 62 valence electrons. The minimum atomic E-state index is 0.816. The average Bonchev–Trinajstić information content (AvgIpc) is 2.56. The molecule has 0 fully saturated rings. The first-order chi connectivity index (χ1) is 5.84. The minimum Gasteiger partial charge on any atom is -0.345 e. The van der Waals surface area contributed by atoms with Crippen LogP contribution in [0.1, 0.15) is 12.7 Å². The predicted octanol–water partition coefficient (Wildman–Crippen LogP) is 2.56. The van der Waals surface area contributed by atoms with Crippen molar-refractivity contribution in [3.63, 3.8) is 0 Å². The van der Waals surface area contributed by atoms with Crippen LogP contribution in [0, 0.1) is 0 Å². The minimum absolute atomic E-state index is 0.816. The van der Waals surface area contributed by atoms with Crippen LogP contribution in [-0.2, 0) is 0 Å². The van der Waals surface area contributed by atoms with Gasteiger partial charge in [0.15, 0.2) is 0 Å². The molecule has 0 aliphatic carbocycles.